The number of nitrogens with one attached hydrogen (secondary N) is 2. The highest BCUT2D eigenvalue weighted by molar-refractivity contribution is 6.00. The van der Waals surface area contributed by atoms with Gasteiger partial charge in [-0.1, -0.05) is 19.0 Å². The van der Waals surface area contributed by atoms with Crippen molar-refractivity contribution < 1.29 is 14.1 Å². The molecule has 2 rings (SSSR count). The lowest BCUT2D eigenvalue weighted by molar-refractivity contribution is -0.115. The number of aromatic nitrogens is 1. The number of aryl methyl sites for hydroxylation is 1. The van der Waals surface area contributed by atoms with Crippen LogP contribution >= 0.6 is 0 Å². The van der Waals surface area contributed by atoms with Crippen LogP contribution in [0.5, 0.6) is 0 Å². The van der Waals surface area contributed by atoms with Crippen LogP contribution in [0.4, 0.5) is 11.4 Å². The van der Waals surface area contributed by atoms with E-state index in [-0.39, 0.29) is 24.3 Å². The quantitative estimate of drug-likeness (QED) is 0.841. The van der Waals surface area contributed by atoms with Crippen LogP contribution in [0.3, 0.4) is 0 Å². The van der Waals surface area contributed by atoms with Crippen molar-refractivity contribution in [3.8, 4) is 0 Å². The Kier molecular flexibility index (Phi) is 5.80. The van der Waals surface area contributed by atoms with E-state index in [1.165, 1.54) is 0 Å². The van der Waals surface area contributed by atoms with Gasteiger partial charge >= 0.3 is 0 Å². The van der Waals surface area contributed by atoms with E-state index in [1.807, 2.05) is 57.1 Å². The number of hydrogen-bond acceptors (Lipinski definition) is 5. The first-order valence-electron chi connectivity index (χ1n) is 8.11. The van der Waals surface area contributed by atoms with Crippen LogP contribution < -0.4 is 15.5 Å². The summed E-state index contributed by atoms with van der Waals surface area (Å²) in [5, 5.41) is 9.20. The van der Waals surface area contributed by atoms with Gasteiger partial charge in [0.05, 0.1) is 12.2 Å². The molecule has 1 heterocycles. The zero-order chi connectivity index (χ0) is 18.6. The summed E-state index contributed by atoms with van der Waals surface area (Å²) in [6.45, 7) is 5.41. The minimum absolute atomic E-state index is 0.0333. The molecule has 2 N–H and O–H groups in total. The minimum Gasteiger partial charge on any atom is -0.378 e. The summed E-state index contributed by atoms with van der Waals surface area (Å²) in [5.74, 6) is -0.104. The molecule has 0 spiro atoms. The van der Waals surface area contributed by atoms with Crippen LogP contribution in [-0.2, 0) is 4.79 Å². The molecule has 0 aliphatic carbocycles. The second-order valence-corrected chi connectivity index (χ2v) is 6.33. The zero-order valence-electron chi connectivity index (χ0n) is 15.2. The molecule has 25 heavy (non-hydrogen) atoms. The number of hydrogen-bond donors (Lipinski definition) is 2. The van der Waals surface area contributed by atoms with E-state index in [4.69, 9.17) is 4.52 Å². The van der Waals surface area contributed by atoms with Crippen molar-refractivity contribution in [2.75, 3.05) is 30.9 Å². The molecule has 134 valence electrons. The predicted molar refractivity (Wildman–Crippen MR) is 97.1 cm³/mol. The Bertz CT molecular complexity index is 748. The van der Waals surface area contributed by atoms with Crippen LogP contribution in [0, 0.1) is 6.92 Å². The Balaban J connectivity index is 1.94. The molecule has 1 aromatic heterocycles. The van der Waals surface area contributed by atoms with Gasteiger partial charge in [0, 0.05) is 31.4 Å². The number of rotatable bonds is 6. The maximum atomic E-state index is 12.3. The molecule has 0 fully saturated rings. The predicted octanol–water partition coefficient (Wildman–Crippen LogP) is 2.54. The van der Waals surface area contributed by atoms with Crippen molar-refractivity contribution >= 4 is 23.2 Å². The largest absolute Gasteiger partial charge is 0.378 e. The third-order valence-corrected chi connectivity index (χ3v) is 3.72. The van der Waals surface area contributed by atoms with E-state index in [2.05, 4.69) is 15.8 Å². The lowest BCUT2D eigenvalue weighted by atomic mass is 10.0. The molecule has 0 aliphatic rings. The molecule has 0 bridgehead atoms. The summed E-state index contributed by atoms with van der Waals surface area (Å²) in [4.78, 5) is 26.3. The molecule has 7 heteroatoms. The lowest BCUT2D eigenvalue weighted by Gasteiger charge is -2.13. The summed E-state index contributed by atoms with van der Waals surface area (Å²) in [7, 11) is 3.89. The van der Waals surface area contributed by atoms with Crippen molar-refractivity contribution in [2.45, 2.75) is 26.7 Å². The molecule has 0 radical (unpaired) electrons. The van der Waals surface area contributed by atoms with Crippen LogP contribution in [0.1, 0.15) is 41.6 Å². The average molecular weight is 344 g/mol. The number of amides is 2. The van der Waals surface area contributed by atoms with Crippen LogP contribution in [0.2, 0.25) is 0 Å². The number of nitrogens with zero attached hydrogens (tertiary/aromatic N) is 2. The molecular formula is C18H24N4O3. The maximum absolute atomic E-state index is 12.3. The highest BCUT2D eigenvalue weighted by atomic mass is 16.5. The second kappa shape index (κ2) is 7.83. The van der Waals surface area contributed by atoms with Gasteiger partial charge in [-0.15, -0.1) is 0 Å². The summed E-state index contributed by atoms with van der Waals surface area (Å²) in [6, 6.07) is 7.44. The first kappa shape index (κ1) is 18.5. The zero-order valence-corrected chi connectivity index (χ0v) is 15.2. The molecule has 7 nitrogen and oxygen atoms in total. The maximum Gasteiger partial charge on any atom is 0.257 e. The van der Waals surface area contributed by atoms with Crippen LogP contribution in [0.15, 0.2) is 28.8 Å². The van der Waals surface area contributed by atoms with Crippen molar-refractivity contribution in [3.05, 3.63) is 41.3 Å². The van der Waals surface area contributed by atoms with Gasteiger partial charge in [0.1, 0.15) is 5.56 Å². The molecule has 0 atom stereocenters. The lowest BCUT2D eigenvalue weighted by Crippen LogP contribution is -2.33. The molecule has 0 saturated carbocycles. The summed E-state index contributed by atoms with van der Waals surface area (Å²) >= 11 is 0. The number of benzene rings is 1. The molecule has 2 amide bonds. The standard InChI is InChI=1S/C18H24N4O3/c1-11(2)17-16(12(3)21-25-17)18(24)19-10-15(23)20-13-6-8-14(9-7-13)22(4)5/h6-9,11H,10H2,1-5H3,(H,19,24)(H,20,23). The van der Waals surface area contributed by atoms with Gasteiger partial charge in [-0.3, -0.25) is 9.59 Å². The van der Waals surface area contributed by atoms with E-state index >= 15 is 0 Å². The van der Waals surface area contributed by atoms with Crippen molar-refractivity contribution in [1.82, 2.24) is 10.5 Å². The average Bonchev–Trinajstić information content (AvgIpc) is 2.95. The molecule has 1 aromatic carbocycles. The fourth-order valence-corrected chi connectivity index (χ4v) is 2.35. The summed E-state index contributed by atoms with van der Waals surface area (Å²) < 4.78 is 5.20. The van der Waals surface area contributed by atoms with E-state index in [1.54, 1.807) is 6.92 Å². The SMILES string of the molecule is Cc1noc(C(C)C)c1C(=O)NCC(=O)Nc1ccc(N(C)C)cc1. The minimum atomic E-state index is -0.361. The molecular weight excluding hydrogens is 320 g/mol. The van der Waals surface area contributed by atoms with E-state index in [0.29, 0.717) is 22.7 Å². The monoisotopic (exact) mass is 344 g/mol. The van der Waals surface area contributed by atoms with Gasteiger partial charge in [0.2, 0.25) is 5.91 Å². The number of carbonyl (C=O) groups excluding carboxylic acids is 2. The topological polar surface area (TPSA) is 87.5 Å². The fourth-order valence-electron chi connectivity index (χ4n) is 2.35. The van der Waals surface area contributed by atoms with Crippen LogP contribution in [-0.4, -0.2) is 37.6 Å². The fraction of sp³-hybridized carbons (Fsp3) is 0.389. The van der Waals surface area contributed by atoms with Gasteiger partial charge in [0.25, 0.3) is 5.91 Å². The normalized spacial score (nSPS) is 10.6. The van der Waals surface area contributed by atoms with E-state index in [9.17, 15) is 9.59 Å². The van der Waals surface area contributed by atoms with Gasteiger partial charge in [-0.25, -0.2) is 0 Å². The third-order valence-electron chi connectivity index (χ3n) is 3.72. The van der Waals surface area contributed by atoms with Gasteiger partial charge in [0.15, 0.2) is 5.76 Å². The highest BCUT2D eigenvalue weighted by Gasteiger charge is 2.22. The first-order valence-corrected chi connectivity index (χ1v) is 8.11. The molecule has 0 unspecified atom stereocenters. The Morgan fingerprint density at radius 3 is 2.40 bits per heavy atom. The first-order chi connectivity index (χ1) is 11.8. The Morgan fingerprint density at radius 2 is 1.84 bits per heavy atom. The molecule has 0 saturated heterocycles. The smallest absolute Gasteiger partial charge is 0.257 e. The number of carbonyl (C=O) groups is 2. The van der Waals surface area contributed by atoms with Gasteiger partial charge in [-0.2, -0.15) is 0 Å². The Hall–Kier alpha value is -2.83. The Labute approximate surface area is 147 Å². The second-order valence-electron chi connectivity index (χ2n) is 6.33. The van der Waals surface area contributed by atoms with Crippen LogP contribution in [0.25, 0.3) is 0 Å². The third kappa shape index (κ3) is 4.59. The van der Waals surface area contributed by atoms with E-state index in [0.717, 1.165) is 5.69 Å². The van der Waals surface area contributed by atoms with Crippen molar-refractivity contribution in [1.29, 1.82) is 0 Å². The van der Waals surface area contributed by atoms with Crippen molar-refractivity contribution in [3.63, 3.8) is 0 Å². The highest BCUT2D eigenvalue weighted by Crippen LogP contribution is 2.22. The Morgan fingerprint density at radius 1 is 1.20 bits per heavy atom. The molecule has 0 aliphatic heterocycles. The van der Waals surface area contributed by atoms with E-state index < -0.39 is 0 Å². The number of anilines is 2. The van der Waals surface area contributed by atoms with Crippen molar-refractivity contribution in [2.24, 2.45) is 0 Å². The van der Waals surface area contributed by atoms with Gasteiger partial charge in [-0.05, 0) is 31.2 Å². The summed E-state index contributed by atoms with van der Waals surface area (Å²) in [6.07, 6.45) is 0. The molecule has 2 aromatic rings. The van der Waals surface area contributed by atoms with Gasteiger partial charge < -0.3 is 20.1 Å². The summed E-state index contributed by atoms with van der Waals surface area (Å²) in [5.41, 5.74) is 2.63.